The van der Waals surface area contributed by atoms with E-state index in [0.717, 1.165) is 11.1 Å². The van der Waals surface area contributed by atoms with Gasteiger partial charge in [0.2, 0.25) is 5.91 Å². The minimum absolute atomic E-state index is 0.101. The van der Waals surface area contributed by atoms with Crippen LogP contribution in [0.1, 0.15) is 37.8 Å². The second-order valence-corrected chi connectivity index (χ2v) is 6.40. The molecule has 0 bridgehead atoms. The van der Waals surface area contributed by atoms with Crippen LogP contribution in [-0.2, 0) is 19.7 Å². The van der Waals surface area contributed by atoms with Gasteiger partial charge in [-0.15, -0.1) is 0 Å². The number of hydrogen-bond acceptors (Lipinski definition) is 3. The van der Waals surface area contributed by atoms with Crippen molar-refractivity contribution in [2.45, 2.75) is 45.1 Å². The van der Waals surface area contributed by atoms with Crippen molar-refractivity contribution in [3.05, 3.63) is 35.4 Å². The number of carboxylic acid groups (broad SMARTS) is 1. The van der Waals surface area contributed by atoms with Crippen LogP contribution in [0.25, 0.3) is 0 Å². The molecular formula is C18H25NO4. The van der Waals surface area contributed by atoms with E-state index in [1.807, 2.05) is 31.2 Å². The van der Waals surface area contributed by atoms with Crippen LogP contribution in [0.4, 0.5) is 0 Å². The Morgan fingerprint density at radius 2 is 1.83 bits per heavy atom. The summed E-state index contributed by atoms with van der Waals surface area (Å²) in [6, 6.07) is 7.47. The van der Waals surface area contributed by atoms with E-state index in [2.05, 4.69) is 5.32 Å². The highest BCUT2D eigenvalue weighted by atomic mass is 16.5. The lowest BCUT2D eigenvalue weighted by Gasteiger charge is -2.38. The third kappa shape index (κ3) is 3.55. The van der Waals surface area contributed by atoms with Crippen molar-refractivity contribution >= 4 is 11.9 Å². The maximum absolute atomic E-state index is 13.1. The van der Waals surface area contributed by atoms with Crippen molar-refractivity contribution in [3.8, 4) is 0 Å². The van der Waals surface area contributed by atoms with Crippen molar-refractivity contribution in [1.29, 1.82) is 0 Å². The van der Waals surface area contributed by atoms with E-state index < -0.39 is 23.3 Å². The first-order valence-electron chi connectivity index (χ1n) is 8.06. The first-order chi connectivity index (χ1) is 10.9. The molecule has 1 aromatic carbocycles. The Bertz CT molecular complexity index is 578. The minimum atomic E-state index is -0.908. The van der Waals surface area contributed by atoms with E-state index in [4.69, 9.17) is 9.84 Å². The van der Waals surface area contributed by atoms with Crippen molar-refractivity contribution in [3.63, 3.8) is 0 Å². The summed E-state index contributed by atoms with van der Waals surface area (Å²) in [5.41, 5.74) is 1.44. The monoisotopic (exact) mass is 319 g/mol. The number of ether oxygens (including phenoxy) is 1. The van der Waals surface area contributed by atoms with Gasteiger partial charge < -0.3 is 15.2 Å². The summed E-state index contributed by atoms with van der Waals surface area (Å²) in [7, 11) is 0. The number of nitrogens with one attached hydrogen (secondary N) is 1. The van der Waals surface area contributed by atoms with Crippen LogP contribution >= 0.6 is 0 Å². The highest BCUT2D eigenvalue weighted by molar-refractivity contribution is 5.89. The summed E-state index contributed by atoms with van der Waals surface area (Å²) in [6.45, 7) is 6.41. The number of carbonyl (C=O) groups excluding carboxylic acids is 1. The maximum atomic E-state index is 13.1. The molecule has 1 amide bonds. The van der Waals surface area contributed by atoms with Crippen LogP contribution in [0, 0.1) is 12.8 Å². The first-order valence-corrected chi connectivity index (χ1v) is 8.06. The molecule has 2 rings (SSSR count). The van der Waals surface area contributed by atoms with Gasteiger partial charge in [-0.25, -0.2) is 0 Å². The lowest BCUT2D eigenvalue weighted by molar-refractivity contribution is -0.142. The molecule has 1 saturated heterocycles. The Hall–Kier alpha value is -1.88. The standard InChI is InChI=1S/C18H25NO4/c1-12-6-4-5-7-15(12)18(8-10-23-11-9-18)17(22)19-14(3)13(2)16(20)21/h4-7,13-14H,8-11H2,1-3H3,(H,19,22)(H,20,21). The molecule has 0 saturated carbocycles. The molecule has 0 aliphatic carbocycles. The summed E-state index contributed by atoms with van der Waals surface area (Å²) in [5.74, 6) is -1.64. The summed E-state index contributed by atoms with van der Waals surface area (Å²) in [6.07, 6.45) is 1.22. The van der Waals surface area contributed by atoms with Crippen LogP contribution in [0.3, 0.4) is 0 Å². The number of aliphatic carboxylic acids is 1. The van der Waals surface area contributed by atoms with Gasteiger partial charge in [0.05, 0.1) is 11.3 Å². The molecule has 1 heterocycles. The third-order valence-corrected chi connectivity index (χ3v) is 4.94. The van der Waals surface area contributed by atoms with Crippen molar-refractivity contribution in [2.24, 2.45) is 5.92 Å². The molecule has 2 unspecified atom stereocenters. The average Bonchev–Trinajstić information content (AvgIpc) is 2.54. The van der Waals surface area contributed by atoms with E-state index >= 15 is 0 Å². The van der Waals surface area contributed by atoms with Gasteiger partial charge in [0.1, 0.15) is 0 Å². The van der Waals surface area contributed by atoms with Crippen molar-refractivity contribution < 1.29 is 19.4 Å². The van der Waals surface area contributed by atoms with Crippen molar-refractivity contribution in [2.75, 3.05) is 13.2 Å². The molecule has 0 spiro atoms. The van der Waals surface area contributed by atoms with Crippen LogP contribution < -0.4 is 5.32 Å². The highest BCUT2D eigenvalue weighted by Crippen LogP contribution is 2.37. The molecule has 1 aromatic rings. The number of rotatable bonds is 5. The zero-order chi connectivity index (χ0) is 17.0. The van der Waals surface area contributed by atoms with Gasteiger partial charge in [-0.1, -0.05) is 24.3 Å². The maximum Gasteiger partial charge on any atom is 0.308 e. The van der Waals surface area contributed by atoms with Gasteiger partial charge in [0.15, 0.2) is 0 Å². The molecule has 5 heteroatoms. The van der Waals surface area contributed by atoms with Gasteiger partial charge in [0.25, 0.3) is 0 Å². The van der Waals surface area contributed by atoms with Gasteiger partial charge in [-0.3, -0.25) is 9.59 Å². The van der Waals surface area contributed by atoms with Crippen LogP contribution in [0.2, 0.25) is 0 Å². The molecule has 2 atom stereocenters. The largest absolute Gasteiger partial charge is 0.481 e. The molecule has 0 aromatic heterocycles. The van der Waals surface area contributed by atoms with Gasteiger partial charge in [0, 0.05) is 19.3 Å². The smallest absolute Gasteiger partial charge is 0.308 e. The summed E-state index contributed by atoms with van der Waals surface area (Å²) < 4.78 is 5.45. The summed E-state index contributed by atoms with van der Waals surface area (Å²) >= 11 is 0. The van der Waals surface area contributed by atoms with Crippen molar-refractivity contribution in [1.82, 2.24) is 5.32 Å². The van der Waals surface area contributed by atoms with Gasteiger partial charge >= 0.3 is 5.97 Å². The Balaban J connectivity index is 2.30. The number of amides is 1. The number of carboxylic acids is 1. The fraction of sp³-hybridized carbons (Fsp3) is 0.556. The fourth-order valence-electron chi connectivity index (χ4n) is 3.13. The Morgan fingerprint density at radius 1 is 1.22 bits per heavy atom. The highest BCUT2D eigenvalue weighted by Gasteiger charge is 2.43. The SMILES string of the molecule is Cc1ccccc1C1(C(=O)NC(C)C(C)C(=O)O)CCOCC1. The lowest BCUT2D eigenvalue weighted by atomic mass is 9.71. The number of hydrogen-bond donors (Lipinski definition) is 2. The predicted octanol–water partition coefficient (Wildman–Crippen LogP) is 2.27. The van der Waals surface area contributed by atoms with Crippen LogP contribution in [0.5, 0.6) is 0 Å². The zero-order valence-electron chi connectivity index (χ0n) is 14.0. The number of benzene rings is 1. The average molecular weight is 319 g/mol. The fourth-order valence-corrected chi connectivity index (χ4v) is 3.13. The Morgan fingerprint density at radius 3 is 2.39 bits per heavy atom. The summed E-state index contributed by atoms with van der Waals surface area (Å²) in [4.78, 5) is 24.2. The number of aryl methyl sites for hydroxylation is 1. The molecule has 2 N–H and O–H groups in total. The van der Waals surface area contributed by atoms with E-state index in [9.17, 15) is 9.59 Å². The molecule has 1 fully saturated rings. The second kappa shape index (κ2) is 7.13. The summed E-state index contributed by atoms with van der Waals surface area (Å²) in [5, 5.41) is 12.1. The van der Waals surface area contributed by atoms with E-state index in [0.29, 0.717) is 26.1 Å². The number of carbonyl (C=O) groups is 2. The molecule has 0 radical (unpaired) electrons. The predicted molar refractivity (Wildman–Crippen MR) is 87.3 cm³/mol. The zero-order valence-corrected chi connectivity index (χ0v) is 14.0. The topological polar surface area (TPSA) is 75.6 Å². The van der Waals surface area contributed by atoms with Gasteiger partial charge in [-0.05, 0) is 44.7 Å². The van der Waals surface area contributed by atoms with Crippen LogP contribution in [0.15, 0.2) is 24.3 Å². The molecule has 1 aliphatic rings. The lowest BCUT2D eigenvalue weighted by Crippen LogP contribution is -2.52. The van der Waals surface area contributed by atoms with E-state index in [1.165, 1.54) is 0 Å². The first kappa shape index (κ1) is 17.5. The Kier molecular flexibility index (Phi) is 5.42. The van der Waals surface area contributed by atoms with E-state index in [-0.39, 0.29) is 5.91 Å². The Labute approximate surface area is 137 Å². The normalized spacial score (nSPS) is 19.6. The van der Waals surface area contributed by atoms with Crippen LogP contribution in [-0.4, -0.2) is 36.2 Å². The second-order valence-electron chi connectivity index (χ2n) is 6.40. The molecular weight excluding hydrogens is 294 g/mol. The quantitative estimate of drug-likeness (QED) is 0.873. The molecule has 126 valence electrons. The van der Waals surface area contributed by atoms with E-state index in [1.54, 1.807) is 13.8 Å². The molecule has 1 aliphatic heterocycles. The molecule has 23 heavy (non-hydrogen) atoms. The third-order valence-electron chi connectivity index (χ3n) is 4.94. The van der Waals surface area contributed by atoms with Gasteiger partial charge in [-0.2, -0.15) is 0 Å². The molecule has 5 nitrogen and oxygen atoms in total. The minimum Gasteiger partial charge on any atom is -0.481 e.